The van der Waals surface area contributed by atoms with E-state index in [9.17, 15) is 4.39 Å². The highest BCUT2D eigenvalue weighted by Gasteiger charge is 2.18. The van der Waals surface area contributed by atoms with E-state index >= 15 is 0 Å². The van der Waals surface area contributed by atoms with Crippen LogP contribution in [0.2, 0.25) is 0 Å². The summed E-state index contributed by atoms with van der Waals surface area (Å²) in [5.41, 5.74) is 1.82. The Morgan fingerprint density at radius 3 is 2.90 bits per heavy atom. The maximum atomic E-state index is 13.7. The van der Waals surface area contributed by atoms with E-state index in [1.807, 2.05) is 18.3 Å². The minimum Gasteiger partial charge on any atom is -0.375 e. The third kappa shape index (κ3) is 7.11. The third-order valence-corrected chi connectivity index (χ3v) is 4.70. The first-order chi connectivity index (χ1) is 13.7. The van der Waals surface area contributed by atoms with E-state index in [1.54, 1.807) is 19.2 Å². The molecule has 1 unspecified atom stereocenters. The Balaban J connectivity index is 0.00000300. The normalized spacial score (nSPS) is 16.9. The van der Waals surface area contributed by atoms with E-state index < -0.39 is 0 Å². The predicted octanol–water partition coefficient (Wildman–Crippen LogP) is 2.97. The molecule has 158 valence electrons. The van der Waals surface area contributed by atoms with Gasteiger partial charge in [-0.15, -0.1) is 24.0 Å². The van der Waals surface area contributed by atoms with Gasteiger partial charge in [0.2, 0.25) is 0 Å². The van der Waals surface area contributed by atoms with E-state index in [1.165, 1.54) is 6.07 Å². The van der Waals surface area contributed by atoms with E-state index in [0.29, 0.717) is 31.0 Å². The molecule has 29 heavy (non-hydrogen) atoms. The van der Waals surface area contributed by atoms with Gasteiger partial charge in [0.05, 0.1) is 12.7 Å². The SMILES string of the molecule is CN=C(NCCc1ccccc1F)NCc1ccnc(N2CCOC(C)C2)c1.I. The second-order valence-electron chi connectivity index (χ2n) is 6.84. The number of ether oxygens (including phenoxy) is 1. The Bertz CT molecular complexity index is 804. The molecule has 2 aromatic rings. The highest BCUT2D eigenvalue weighted by atomic mass is 127. The molecule has 1 aromatic carbocycles. The highest BCUT2D eigenvalue weighted by Crippen LogP contribution is 2.16. The summed E-state index contributed by atoms with van der Waals surface area (Å²) in [4.78, 5) is 11.0. The number of aromatic nitrogens is 1. The Morgan fingerprint density at radius 2 is 2.14 bits per heavy atom. The molecule has 1 aromatic heterocycles. The third-order valence-electron chi connectivity index (χ3n) is 4.70. The summed E-state index contributed by atoms with van der Waals surface area (Å²) in [7, 11) is 1.73. The van der Waals surface area contributed by atoms with Crippen molar-refractivity contribution in [2.24, 2.45) is 4.99 Å². The maximum absolute atomic E-state index is 13.7. The molecule has 1 aliphatic heterocycles. The number of nitrogens with one attached hydrogen (secondary N) is 2. The van der Waals surface area contributed by atoms with Crippen LogP contribution in [0.4, 0.5) is 10.2 Å². The molecular formula is C21H29FIN5O. The summed E-state index contributed by atoms with van der Waals surface area (Å²) >= 11 is 0. The van der Waals surface area contributed by atoms with Gasteiger partial charge in [0.1, 0.15) is 11.6 Å². The van der Waals surface area contributed by atoms with Crippen LogP contribution in [0.25, 0.3) is 0 Å². The second kappa shape index (κ2) is 11.9. The lowest BCUT2D eigenvalue weighted by atomic mass is 10.1. The molecule has 2 N–H and O–H groups in total. The zero-order chi connectivity index (χ0) is 19.8. The number of benzene rings is 1. The van der Waals surface area contributed by atoms with E-state index in [4.69, 9.17) is 4.74 Å². The van der Waals surface area contributed by atoms with Crippen LogP contribution in [-0.4, -0.2) is 50.3 Å². The van der Waals surface area contributed by atoms with Crippen molar-refractivity contribution in [1.82, 2.24) is 15.6 Å². The number of pyridine rings is 1. The smallest absolute Gasteiger partial charge is 0.191 e. The first-order valence-electron chi connectivity index (χ1n) is 9.65. The van der Waals surface area contributed by atoms with Crippen molar-refractivity contribution in [3.05, 3.63) is 59.5 Å². The predicted molar refractivity (Wildman–Crippen MR) is 126 cm³/mol. The zero-order valence-electron chi connectivity index (χ0n) is 16.9. The average molecular weight is 513 g/mol. The van der Waals surface area contributed by atoms with Crippen LogP contribution in [0.15, 0.2) is 47.6 Å². The fourth-order valence-corrected chi connectivity index (χ4v) is 3.19. The maximum Gasteiger partial charge on any atom is 0.191 e. The fourth-order valence-electron chi connectivity index (χ4n) is 3.19. The molecule has 0 radical (unpaired) electrons. The highest BCUT2D eigenvalue weighted by molar-refractivity contribution is 14.0. The molecule has 6 nitrogen and oxygen atoms in total. The molecule has 0 spiro atoms. The minimum atomic E-state index is -0.172. The lowest BCUT2D eigenvalue weighted by Gasteiger charge is -2.32. The van der Waals surface area contributed by atoms with Gasteiger partial charge in [0.25, 0.3) is 0 Å². The number of nitrogens with zero attached hydrogens (tertiary/aromatic N) is 3. The number of hydrogen-bond donors (Lipinski definition) is 2. The Labute approximate surface area is 189 Å². The number of halogens is 2. The molecule has 0 aliphatic carbocycles. The molecule has 1 fully saturated rings. The lowest BCUT2D eigenvalue weighted by Crippen LogP contribution is -2.41. The molecule has 0 saturated carbocycles. The standard InChI is InChI=1S/C21H28FN5O.HI/c1-16-15-27(11-12-28-16)20-13-17(7-9-24-20)14-26-21(23-2)25-10-8-18-5-3-4-6-19(18)22;/h3-7,9,13,16H,8,10-12,14-15H2,1-2H3,(H2,23,25,26);1H. The van der Waals surface area contributed by atoms with Gasteiger partial charge >= 0.3 is 0 Å². The van der Waals surface area contributed by atoms with Crippen molar-refractivity contribution in [1.29, 1.82) is 0 Å². The van der Waals surface area contributed by atoms with Crippen molar-refractivity contribution >= 4 is 35.8 Å². The summed E-state index contributed by atoms with van der Waals surface area (Å²) in [6.45, 7) is 5.75. The first-order valence-corrected chi connectivity index (χ1v) is 9.65. The quantitative estimate of drug-likeness (QED) is 0.354. The van der Waals surface area contributed by atoms with E-state index in [0.717, 1.165) is 31.1 Å². The van der Waals surface area contributed by atoms with Crippen LogP contribution in [0.3, 0.4) is 0 Å². The molecule has 8 heteroatoms. The van der Waals surface area contributed by atoms with Crippen molar-refractivity contribution in [2.75, 3.05) is 38.2 Å². The van der Waals surface area contributed by atoms with Gasteiger partial charge in [-0.3, -0.25) is 4.99 Å². The number of rotatable bonds is 6. The van der Waals surface area contributed by atoms with Crippen LogP contribution in [0.1, 0.15) is 18.1 Å². The molecule has 1 saturated heterocycles. The van der Waals surface area contributed by atoms with E-state index in [2.05, 4.69) is 38.5 Å². The number of hydrogen-bond acceptors (Lipinski definition) is 4. The topological polar surface area (TPSA) is 61.8 Å². The Morgan fingerprint density at radius 1 is 1.31 bits per heavy atom. The van der Waals surface area contributed by atoms with Gasteiger partial charge in [-0.05, 0) is 42.7 Å². The van der Waals surface area contributed by atoms with Crippen LogP contribution in [-0.2, 0) is 17.7 Å². The summed E-state index contributed by atoms with van der Waals surface area (Å²) < 4.78 is 19.3. The Hall–Kier alpha value is -1.94. The van der Waals surface area contributed by atoms with Crippen LogP contribution < -0.4 is 15.5 Å². The molecule has 2 heterocycles. The minimum absolute atomic E-state index is 0. The monoisotopic (exact) mass is 513 g/mol. The van der Waals surface area contributed by atoms with Gasteiger partial charge in [0.15, 0.2) is 5.96 Å². The van der Waals surface area contributed by atoms with Crippen LogP contribution >= 0.6 is 24.0 Å². The molecule has 0 bridgehead atoms. The summed E-state index contributed by atoms with van der Waals surface area (Å²) in [6.07, 6.45) is 2.65. The van der Waals surface area contributed by atoms with Gasteiger partial charge in [-0.1, -0.05) is 18.2 Å². The number of guanidine groups is 1. The largest absolute Gasteiger partial charge is 0.375 e. The Kier molecular flexibility index (Phi) is 9.59. The zero-order valence-corrected chi connectivity index (χ0v) is 19.2. The van der Waals surface area contributed by atoms with Crippen LogP contribution in [0, 0.1) is 5.82 Å². The average Bonchev–Trinajstić information content (AvgIpc) is 2.72. The van der Waals surface area contributed by atoms with Crippen molar-refractivity contribution in [3.8, 4) is 0 Å². The molecule has 1 aliphatic rings. The number of anilines is 1. The number of aliphatic imine (C=N–C) groups is 1. The molecular weight excluding hydrogens is 484 g/mol. The van der Waals surface area contributed by atoms with Crippen molar-refractivity contribution in [3.63, 3.8) is 0 Å². The van der Waals surface area contributed by atoms with Gasteiger partial charge in [0, 0.05) is 39.4 Å². The number of morpholine rings is 1. The fraction of sp³-hybridized carbons (Fsp3) is 0.429. The summed E-state index contributed by atoms with van der Waals surface area (Å²) in [5, 5.41) is 6.53. The van der Waals surface area contributed by atoms with Crippen molar-refractivity contribution in [2.45, 2.75) is 26.0 Å². The van der Waals surface area contributed by atoms with Gasteiger partial charge in [-0.2, -0.15) is 0 Å². The van der Waals surface area contributed by atoms with Gasteiger partial charge < -0.3 is 20.3 Å². The lowest BCUT2D eigenvalue weighted by molar-refractivity contribution is 0.0529. The van der Waals surface area contributed by atoms with Crippen molar-refractivity contribution < 1.29 is 9.13 Å². The van der Waals surface area contributed by atoms with Gasteiger partial charge in [-0.25, -0.2) is 9.37 Å². The van der Waals surface area contributed by atoms with Crippen LogP contribution in [0.5, 0.6) is 0 Å². The second-order valence-corrected chi connectivity index (χ2v) is 6.84. The molecule has 0 amide bonds. The first kappa shape index (κ1) is 23.3. The van der Waals surface area contributed by atoms with E-state index in [-0.39, 0.29) is 35.9 Å². The summed E-state index contributed by atoms with van der Waals surface area (Å²) in [6, 6.07) is 10.9. The molecule has 3 rings (SSSR count). The summed E-state index contributed by atoms with van der Waals surface area (Å²) in [5.74, 6) is 1.49. The molecule has 1 atom stereocenters.